The van der Waals surface area contributed by atoms with Crippen LogP contribution >= 0.6 is 0 Å². The lowest BCUT2D eigenvalue weighted by atomic mass is 10.1. The monoisotopic (exact) mass is 309 g/mol. The number of carbonyl (C=O) groups excluding carboxylic acids is 2. The molecule has 0 spiro atoms. The lowest BCUT2D eigenvalue weighted by molar-refractivity contribution is -0.166. The highest BCUT2D eigenvalue weighted by atomic mass is 16.6. The Morgan fingerprint density at radius 3 is 2.45 bits per heavy atom. The number of nitrogens with zero attached hydrogens (tertiary/aromatic N) is 1. The zero-order chi connectivity index (χ0) is 16.7. The van der Waals surface area contributed by atoms with Crippen LogP contribution in [0.2, 0.25) is 0 Å². The first-order chi connectivity index (χ1) is 10.4. The molecule has 0 amide bonds. The largest absolute Gasteiger partial charge is 0.495 e. The molecule has 1 aromatic carbocycles. The van der Waals surface area contributed by atoms with Gasteiger partial charge in [-0.25, -0.2) is 4.79 Å². The van der Waals surface area contributed by atoms with Crippen molar-refractivity contribution in [1.82, 2.24) is 0 Å². The molecule has 0 radical (unpaired) electrons. The van der Waals surface area contributed by atoms with Gasteiger partial charge in [0.25, 0.3) is 0 Å². The molecule has 0 fully saturated rings. The van der Waals surface area contributed by atoms with E-state index < -0.39 is 18.0 Å². The van der Waals surface area contributed by atoms with Crippen molar-refractivity contribution in [3.8, 4) is 5.75 Å². The van der Waals surface area contributed by atoms with Crippen LogP contribution in [0.15, 0.2) is 18.2 Å². The zero-order valence-electron chi connectivity index (χ0n) is 13.7. The van der Waals surface area contributed by atoms with Crippen molar-refractivity contribution in [2.75, 3.05) is 32.7 Å². The van der Waals surface area contributed by atoms with Crippen LogP contribution in [0, 0.1) is 0 Å². The second kappa shape index (κ2) is 8.26. The molecule has 0 aliphatic heterocycles. The number of esters is 2. The number of carbonyl (C=O) groups is 2. The molecule has 0 unspecified atom stereocenters. The van der Waals surface area contributed by atoms with Gasteiger partial charge in [0.05, 0.1) is 19.4 Å². The van der Waals surface area contributed by atoms with Gasteiger partial charge < -0.3 is 19.1 Å². The summed E-state index contributed by atoms with van der Waals surface area (Å²) in [4.78, 5) is 25.0. The van der Waals surface area contributed by atoms with Gasteiger partial charge in [-0.05, 0) is 24.6 Å². The highest BCUT2D eigenvalue weighted by molar-refractivity contribution is 5.79. The number of ether oxygens (including phenoxy) is 3. The van der Waals surface area contributed by atoms with E-state index in [4.69, 9.17) is 14.2 Å². The molecule has 0 saturated carbocycles. The van der Waals surface area contributed by atoms with E-state index in [0.29, 0.717) is 0 Å². The van der Waals surface area contributed by atoms with Gasteiger partial charge >= 0.3 is 11.9 Å². The maximum Gasteiger partial charge on any atom is 0.347 e. The second-order valence-electron chi connectivity index (χ2n) is 4.95. The fraction of sp³-hybridized carbons (Fsp3) is 0.500. The second-order valence-corrected chi connectivity index (χ2v) is 4.95. The van der Waals surface area contributed by atoms with E-state index in [2.05, 4.69) is 0 Å². The van der Waals surface area contributed by atoms with Gasteiger partial charge in [-0.3, -0.25) is 4.79 Å². The van der Waals surface area contributed by atoms with E-state index in [1.807, 2.05) is 37.2 Å². The maximum atomic E-state index is 11.9. The van der Waals surface area contributed by atoms with Crippen LogP contribution in [0.25, 0.3) is 0 Å². The van der Waals surface area contributed by atoms with Gasteiger partial charge in [0.1, 0.15) is 5.75 Å². The first-order valence-electron chi connectivity index (χ1n) is 7.07. The topological polar surface area (TPSA) is 65.1 Å². The molecule has 1 atom stereocenters. The van der Waals surface area contributed by atoms with Crippen molar-refractivity contribution >= 4 is 17.6 Å². The lowest BCUT2D eigenvalue weighted by Crippen LogP contribution is -2.30. The number of methoxy groups -OCH3 is 1. The molecule has 122 valence electrons. The summed E-state index contributed by atoms with van der Waals surface area (Å²) in [6.07, 6.45) is -0.690. The summed E-state index contributed by atoms with van der Waals surface area (Å²) >= 11 is 0. The summed E-state index contributed by atoms with van der Waals surface area (Å²) in [6, 6.07) is 5.55. The number of benzene rings is 1. The van der Waals surface area contributed by atoms with Gasteiger partial charge in [0.15, 0.2) is 0 Å². The third-order valence-corrected chi connectivity index (χ3v) is 3.00. The summed E-state index contributed by atoms with van der Waals surface area (Å²) < 4.78 is 15.3. The van der Waals surface area contributed by atoms with Gasteiger partial charge in [0.2, 0.25) is 6.10 Å². The summed E-state index contributed by atoms with van der Waals surface area (Å²) in [5, 5.41) is 0. The Bertz CT molecular complexity index is 527. The molecule has 0 aliphatic rings. The molecule has 0 N–H and O–H groups in total. The first-order valence-corrected chi connectivity index (χ1v) is 7.07. The average molecular weight is 309 g/mol. The molecule has 0 aliphatic carbocycles. The predicted octanol–water partition coefficient (Wildman–Crippen LogP) is 1.80. The van der Waals surface area contributed by atoms with E-state index in [1.54, 1.807) is 14.0 Å². The molecular formula is C16H23NO5. The Labute approximate surface area is 131 Å². The van der Waals surface area contributed by atoms with Gasteiger partial charge in [-0.15, -0.1) is 0 Å². The molecule has 0 heterocycles. The van der Waals surface area contributed by atoms with Crippen LogP contribution in [0.3, 0.4) is 0 Å². The number of hydrogen-bond donors (Lipinski definition) is 0. The van der Waals surface area contributed by atoms with Gasteiger partial charge in [0, 0.05) is 27.4 Å². The standard InChI is InChI=1S/C16H23NO5/c1-6-21-16(19)15(22-11(2)18)10-12-7-8-14(20-5)13(9-12)17(3)4/h7-9,15H,6,10H2,1-5H3/t15-/m1/s1. The van der Waals surface area contributed by atoms with E-state index in [9.17, 15) is 9.59 Å². The molecule has 1 aromatic rings. The first kappa shape index (κ1) is 17.8. The summed E-state index contributed by atoms with van der Waals surface area (Å²) in [7, 11) is 5.40. The van der Waals surface area contributed by atoms with Crippen LogP contribution in [-0.4, -0.2) is 45.9 Å². The van der Waals surface area contributed by atoms with E-state index >= 15 is 0 Å². The van der Waals surface area contributed by atoms with Crippen LogP contribution in [0.1, 0.15) is 19.4 Å². The van der Waals surface area contributed by atoms with Crippen molar-refractivity contribution < 1.29 is 23.8 Å². The number of anilines is 1. The fourth-order valence-electron chi connectivity index (χ4n) is 2.03. The van der Waals surface area contributed by atoms with Crippen LogP contribution in [0.4, 0.5) is 5.69 Å². The Morgan fingerprint density at radius 1 is 1.27 bits per heavy atom. The van der Waals surface area contributed by atoms with E-state index in [0.717, 1.165) is 17.0 Å². The normalized spacial score (nSPS) is 11.5. The van der Waals surface area contributed by atoms with Crippen LogP contribution in [0.5, 0.6) is 5.75 Å². The van der Waals surface area contributed by atoms with Gasteiger partial charge in [-0.1, -0.05) is 6.07 Å². The molecule has 0 saturated heterocycles. The third kappa shape index (κ3) is 4.95. The Hall–Kier alpha value is -2.24. The summed E-state index contributed by atoms with van der Waals surface area (Å²) in [5.41, 5.74) is 1.73. The minimum Gasteiger partial charge on any atom is -0.495 e. The highest BCUT2D eigenvalue weighted by Gasteiger charge is 2.24. The number of rotatable bonds is 7. The minimum absolute atomic E-state index is 0.238. The lowest BCUT2D eigenvalue weighted by Gasteiger charge is -2.19. The smallest absolute Gasteiger partial charge is 0.347 e. The van der Waals surface area contributed by atoms with Crippen LogP contribution in [-0.2, 0) is 25.5 Å². The molecule has 22 heavy (non-hydrogen) atoms. The maximum absolute atomic E-state index is 11.9. The minimum atomic E-state index is -0.944. The fourth-order valence-corrected chi connectivity index (χ4v) is 2.03. The SMILES string of the molecule is CCOC(=O)[C@@H](Cc1ccc(OC)c(N(C)C)c1)OC(C)=O. The van der Waals surface area contributed by atoms with Crippen molar-refractivity contribution in [2.24, 2.45) is 0 Å². The van der Waals surface area contributed by atoms with Gasteiger partial charge in [-0.2, -0.15) is 0 Å². The summed E-state index contributed by atoms with van der Waals surface area (Å²) in [5.74, 6) is -0.326. The molecule has 1 rings (SSSR count). The van der Waals surface area contributed by atoms with E-state index in [1.165, 1.54) is 6.92 Å². The Morgan fingerprint density at radius 2 is 1.95 bits per heavy atom. The predicted molar refractivity (Wildman–Crippen MR) is 83.2 cm³/mol. The van der Waals surface area contributed by atoms with Crippen LogP contribution < -0.4 is 9.64 Å². The number of hydrogen-bond acceptors (Lipinski definition) is 6. The Balaban J connectivity index is 2.99. The molecule has 0 aromatic heterocycles. The van der Waals surface area contributed by atoms with Crippen molar-refractivity contribution in [1.29, 1.82) is 0 Å². The zero-order valence-corrected chi connectivity index (χ0v) is 13.7. The quantitative estimate of drug-likeness (QED) is 0.716. The summed E-state index contributed by atoms with van der Waals surface area (Å²) in [6.45, 7) is 3.22. The molecule has 6 nitrogen and oxygen atoms in total. The van der Waals surface area contributed by atoms with Crippen molar-refractivity contribution in [2.45, 2.75) is 26.4 Å². The van der Waals surface area contributed by atoms with E-state index in [-0.39, 0.29) is 13.0 Å². The molecule has 6 heteroatoms. The highest BCUT2D eigenvalue weighted by Crippen LogP contribution is 2.28. The van der Waals surface area contributed by atoms with Crippen molar-refractivity contribution in [3.63, 3.8) is 0 Å². The molecular weight excluding hydrogens is 286 g/mol. The third-order valence-electron chi connectivity index (χ3n) is 3.00. The Kier molecular flexibility index (Phi) is 6.69. The van der Waals surface area contributed by atoms with Crippen molar-refractivity contribution in [3.05, 3.63) is 23.8 Å². The average Bonchev–Trinajstić information content (AvgIpc) is 2.46. The molecule has 0 bridgehead atoms.